The normalized spacial score (nSPS) is 26.3. The van der Waals surface area contributed by atoms with Crippen molar-refractivity contribution in [2.45, 2.75) is 6.92 Å². The Morgan fingerprint density at radius 3 is 3.23 bits per heavy atom. The Morgan fingerprint density at radius 2 is 2.46 bits per heavy atom. The minimum Gasteiger partial charge on any atom is -0.481 e. The second-order valence-corrected chi connectivity index (χ2v) is 3.63. The highest BCUT2D eigenvalue weighted by Gasteiger charge is 2.31. The molecule has 1 atom stereocenters. The highest BCUT2D eigenvalue weighted by Crippen LogP contribution is 2.33. The zero-order valence-electron chi connectivity index (χ0n) is 8.16. The maximum absolute atomic E-state index is 5.57. The van der Waals surface area contributed by atoms with E-state index in [-0.39, 0.29) is 0 Å². The maximum atomic E-state index is 5.57. The monoisotopic (exact) mass is 179 g/mol. The van der Waals surface area contributed by atoms with Crippen LogP contribution in [0.3, 0.4) is 0 Å². The number of likely N-dealkylation sites (N-methyl/N-ethyl adjacent to an activating group) is 1. The standard InChI is InChI=1S/C10H15N2O/c1-3-12(2)6-7-13-10-4-5-11-8-9(10)12/h4-5,8H,3,6-7H2,1-2H3/q+1. The summed E-state index contributed by atoms with van der Waals surface area (Å²) in [6.07, 6.45) is 3.70. The van der Waals surface area contributed by atoms with Crippen LogP contribution in [0.5, 0.6) is 5.75 Å². The lowest BCUT2D eigenvalue weighted by molar-refractivity contribution is 0.205. The van der Waals surface area contributed by atoms with E-state index >= 15 is 0 Å². The molecule has 0 fully saturated rings. The van der Waals surface area contributed by atoms with Crippen molar-refractivity contribution in [2.24, 2.45) is 0 Å². The number of quaternary nitrogens is 1. The lowest BCUT2D eigenvalue weighted by atomic mass is 10.2. The summed E-state index contributed by atoms with van der Waals surface area (Å²) in [5.41, 5.74) is 1.20. The molecule has 1 aromatic heterocycles. The number of aromatic nitrogens is 1. The third-order valence-electron chi connectivity index (χ3n) is 2.88. The van der Waals surface area contributed by atoms with E-state index in [1.54, 1.807) is 6.20 Å². The zero-order valence-corrected chi connectivity index (χ0v) is 8.16. The minimum atomic E-state index is 0.807. The molecule has 1 aromatic rings. The number of fused-ring (bicyclic) bond motifs is 1. The number of pyridine rings is 1. The summed E-state index contributed by atoms with van der Waals surface area (Å²) in [4.78, 5) is 4.15. The summed E-state index contributed by atoms with van der Waals surface area (Å²) in [6.45, 7) is 5.13. The SMILES string of the molecule is CC[N+]1(C)CCOc2ccncc21. The summed E-state index contributed by atoms with van der Waals surface area (Å²) in [5.74, 6) is 0.991. The quantitative estimate of drug-likeness (QED) is 0.608. The van der Waals surface area contributed by atoms with Crippen LogP contribution in [-0.2, 0) is 0 Å². The van der Waals surface area contributed by atoms with Gasteiger partial charge in [0.05, 0.1) is 19.8 Å². The van der Waals surface area contributed by atoms with Gasteiger partial charge in [0.2, 0.25) is 0 Å². The molecule has 0 radical (unpaired) electrons. The number of hydrogen-bond acceptors (Lipinski definition) is 2. The summed E-state index contributed by atoms with van der Waals surface area (Å²) < 4.78 is 6.50. The van der Waals surface area contributed by atoms with Gasteiger partial charge in [-0.15, -0.1) is 0 Å². The summed E-state index contributed by atoms with van der Waals surface area (Å²) in [6, 6.07) is 1.95. The molecule has 2 rings (SSSR count). The van der Waals surface area contributed by atoms with Gasteiger partial charge in [-0.1, -0.05) is 0 Å². The zero-order chi connectivity index (χ0) is 9.31. The second-order valence-electron chi connectivity index (χ2n) is 3.63. The highest BCUT2D eigenvalue weighted by molar-refractivity contribution is 5.54. The second kappa shape index (κ2) is 3.00. The van der Waals surface area contributed by atoms with Crippen LogP contribution in [0.4, 0.5) is 5.69 Å². The molecule has 70 valence electrons. The maximum Gasteiger partial charge on any atom is 0.193 e. The molecule has 0 aliphatic carbocycles. The first-order valence-electron chi connectivity index (χ1n) is 4.68. The molecule has 3 nitrogen and oxygen atoms in total. The fourth-order valence-corrected chi connectivity index (χ4v) is 1.71. The lowest BCUT2D eigenvalue weighted by Crippen LogP contribution is -2.50. The molecule has 1 aliphatic heterocycles. The first kappa shape index (κ1) is 8.51. The molecule has 0 bridgehead atoms. The molecule has 13 heavy (non-hydrogen) atoms. The van der Waals surface area contributed by atoms with Crippen LogP contribution in [0.1, 0.15) is 6.92 Å². The topological polar surface area (TPSA) is 22.1 Å². The van der Waals surface area contributed by atoms with E-state index in [0.717, 1.165) is 29.9 Å². The predicted octanol–water partition coefficient (Wildman–Crippen LogP) is 1.43. The molecule has 0 N–H and O–H groups in total. The number of hydrogen-bond donors (Lipinski definition) is 0. The summed E-state index contributed by atoms with van der Waals surface area (Å²) in [7, 11) is 2.23. The van der Waals surface area contributed by atoms with Crippen LogP contribution < -0.4 is 9.22 Å². The van der Waals surface area contributed by atoms with Crippen LogP contribution in [0, 0.1) is 0 Å². The molecule has 0 saturated heterocycles. The fraction of sp³-hybridized carbons (Fsp3) is 0.500. The largest absolute Gasteiger partial charge is 0.481 e. The van der Waals surface area contributed by atoms with Crippen molar-refractivity contribution in [3.05, 3.63) is 18.5 Å². The van der Waals surface area contributed by atoms with Crippen LogP contribution >= 0.6 is 0 Å². The molecular weight excluding hydrogens is 164 g/mol. The molecule has 0 saturated carbocycles. The smallest absolute Gasteiger partial charge is 0.193 e. The Bertz CT molecular complexity index is 314. The van der Waals surface area contributed by atoms with Gasteiger partial charge >= 0.3 is 0 Å². The van der Waals surface area contributed by atoms with Crippen molar-refractivity contribution >= 4 is 5.69 Å². The molecule has 2 heterocycles. The molecule has 1 unspecified atom stereocenters. The van der Waals surface area contributed by atoms with Crippen molar-refractivity contribution in [3.63, 3.8) is 0 Å². The Hall–Kier alpha value is -1.09. The van der Waals surface area contributed by atoms with E-state index in [2.05, 4.69) is 19.0 Å². The first-order chi connectivity index (χ1) is 6.26. The minimum absolute atomic E-state index is 0.807. The average molecular weight is 179 g/mol. The van der Waals surface area contributed by atoms with Gasteiger partial charge in [-0.25, -0.2) is 0 Å². The van der Waals surface area contributed by atoms with Gasteiger partial charge in [-0.05, 0) is 6.92 Å². The molecule has 0 aromatic carbocycles. The Balaban J connectivity index is 2.48. The molecule has 0 spiro atoms. The average Bonchev–Trinajstić information content (AvgIpc) is 2.19. The van der Waals surface area contributed by atoms with Gasteiger partial charge in [-0.2, -0.15) is 0 Å². The summed E-state index contributed by atoms with van der Waals surface area (Å²) >= 11 is 0. The van der Waals surface area contributed by atoms with Crippen molar-refractivity contribution in [1.29, 1.82) is 0 Å². The van der Waals surface area contributed by atoms with Crippen LogP contribution in [0.25, 0.3) is 0 Å². The van der Waals surface area contributed by atoms with E-state index in [9.17, 15) is 0 Å². The van der Waals surface area contributed by atoms with Gasteiger partial charge in [0.1, 0.15) is 13.2 Å². The Morgan fingerprint density at radius 1 is 1.62 bits per heavy atom. The van der Waals surface area contributed by atoms with Crippen molar-refractivity contribution in [1.82, 2.24) is 9.47 Å². The Kier molecular flexibility index (Phi) is 1.96. The van der Waals surface area contributed by atoms with Gasteiger partial charge < -0.3 is 4.74 Å². The van der Waals surface area contributed by atoms with Crippen LogP contribution in [0.2, 0.25) is 0 Å². The molecule has 1 aliphatic rings. The van der Waals surface area contributed by atoms with E-state index in [0.29, 0.717) is 0 Å². The van der Waals surface area contributed by atoms with Gasteiger partial charge in [0.25, 0.3) is 0 Å². The third kappa shape index (κ3) is 1.29. The van der Waals surface area contributed by atoms with Gasteiger partial charge in [-0.3, -0.25) is 9.47 Å². The first-order valence-corrected chi connectivity index (χ1v) is 4.68. The number of rotatable bonds is 1. The molecule has 3 heteroatoms. The number of nitrogens with zero attached hydrogens (tertiary/aromatic N) is 2. The van der Waals surface area contributed by atoms with E-state index in [4.69, 9.17) is 4.74 Å². The van der Waals surface area contributed by atoms with Crippen molar-refractivity contribution < 1.29 is 4.74 Å². The van der Waals surface area contributed by atoms with Gasteiger partial charge in [0.15, 0.2) is 11.4 Å². The van der Waals surface area contributed by atoms with Crippen molar-refractivity contribution in [2.75, 3.05) is 26.7 Å². The third-order valence-corrected chi connectivity index (χ3v) is 2.88. The Labute approximate surface area is 78.6 Å². The lowest BCUT2D eigenvalue weighted by Gasteiger charge is -2.36. The van der Waals surface area contributed by atoms with Gasteiger partial charge in [0, 0.05) is 12.3 Å². The van der Waals surface area contributed by atoms with Crippen LogP contribution in [0.15, 0.2) is 18.5 Å². The highest BCUT2D eigenvalue weighted by atomic mass is 16.5. The molecule has 0 amide bonds. The van der Waals surface area contributed by atoms with E-state index in [1.165, 1.54) is 5.69 Å². The fourth-order valence-electron chi connectivity index (χ4n) is 1.71. The summed E-state index contributed by atoms with van der Waals surface area (Å²) in [5, 5.41) is 0. The van der Waals surface area contributed by atoms with Crippen molar-refractivity contribution in [3.8, 4) is 5.75 Å². The molecular formula is C10H15N2O+. The van der Waals surface area contributed by atoms with E-state index in [1.807, 2.05) is 12.3 Å². The predicted molar refractivity (Wildman–Crippen MR) is 52.9 cm³/mol. The van der Waals surface area contributed by atoms with Crippen LogP contribution in [-0.4, -0.2) is 31.7 Å². The number of ether oxygens (including phenoxy) is 1. The van der Waals surface area contributed by atoms with E-state index < -0.39 is 0 Å².